The molecular weight excluding hydrogens is 274 g/mol. The smallest absolute Gasteiger partial charge is 0.137 e. The van der Waals surface area contributed by atoms with E-state index in [-0.39, 0.29) is 0 Å². The Bertz CT molecular complexity index is 811. The second kappa shape index (κ2) is 5.64. The van der Waals surface area contributed by atoms with Gasteiger partial charge in [0.25, 0.3) is 0 Å². The largest absolute Gasteiger partial charge is 0.493 e. The van der Waals surface area contributed by atoms with E-state index in [1.54, 1.807) is 6.33 Å². The summed E-state index contributed by atoms with van der Waals surface area (Å²) in [5.41, 5.74) is 3.62. The molecule has 1 N–H and O–H groups in total. The number of anilines is 1. The van der Waals surface area contributed by atoms with Crippen LogP contribution >= 0.6 is 0 Å². The molecule has 1 aliphatic heterocycles. The zero-order valence-corrected chi connectivity index (χ0v) is 12.2. The van der Waals surface area contributed by atoms with Gasteiger partial charge in [-0.2, -0.15) is 0 Å². The molecule has 4 nitrogen and oxygen atoms in total. The Hall–Kier alpha value is -2.62. The Morgan fingerprint density at radius 3 is 3.05 bits per heavy atom. The fraction of sp³-hybridized carbons (Fsp3) is 0.222. The molecule has 2 heterocycles. The quantitative estimate of drug-likeness (QED) is 0.801. The van der Waals surface area contributed by atoms with Gasteiger partial charge < -0.3 is 10.1 Å². The Morgan fingerprint density at radius 1 is 1.09 bits per heavy atom. The average Bonchev–Trinajstić information content (AvgIpc) is 3.03. The maximum Gasteiger partial charge on any atom is 0.137 e. The number of hydrogen-bond donors (Lipinski definition) is 1. The fourth-order valence-electron chi connectivity index (χ4n) is 2.87. The summed E-state index contributed by atoms with van der Waals surface area (Å²) in [6, 6.07) is 14.5. The van der Waals surface area contributed by atoms with E-state index in [0.29, 0.717) is 0 Å². The van der Waals surface area contributed by atoms with Gasteiger partial charge in [0.2, 0.25) is 0 Å². The lowest BCUT2D eigenvalue weighted by atomic mass is 10.1. The van der Waals surface area contributed by atoms with E-state index in [4.69, 9.17) is 4.74 Å². The molecule has 0 unspecified atom stereocenters. The van der Waals surface area contributed by atoms with Crippen LogP contribution in [0.25, 0.3) is 10.9 Å². The first-order chi connectivity index (χ1) is 10.9. The summed E-state index contributed by atoms with van der Waals surface area (Å²) in [7, 11) is 0. The van der Waals surface area contributed by atoms with Crippen LogP contribution in [0.3, 0.4) is 0 Å². The second-order valence-electron chi connectivity index (χ2n) is 5.46. The Labute approximate surface area is 129 Å². The number of fused-ring (bicyclic) bond motifs is 2. The molecule has 1 aliphatic rings. The summed E-state index contributed by atoms with van der Waals surface area (Å²) >= 11 is 0. The number of para-hydroxylation sites is 1. The molecule has 4 rings (SSSR count). The SMILES string of the molecule is c1ccc2c(NCCc3ccc4c(c3)CCO4)ncnc2c1. The lowest BCUT2D eigenvalue weighted by molar-refractivity contribution is 0.357. The van der Waals surface area contributed by atoms with Crippen molar-refractivity contribution in [2.75, 3.05) is 18.5 Å². The van der Waals surface area contributed by atoms with E-state index in [0.717, 1.165) is 48.5 Å². The third-order valence-electron chi connectivity index (χ3n) is 4.00. The van der Waals surface area contributed by atoms with Crippen molar-refractivity contribution in [2.24, 2.45) is 0 Å². The summed E-state index contributed by atoms with van der Waals surface area (Å²) in [6.07, 6.45) is 3.59. The standard InChI is InChI=1S/C18H17N3O/c1-2-4-16-15(3-1)18(21-12-20-16)19-9-7-13-5-6-17-14(11-13)8-10-22-17/h1-6,11-12H,7-10H2,(H,19,20,21). The average molecular weight is 291 g/mol. The molecule has 0 amide bonds. The lowest BCUT2D eigenvalue weighted by Crippen LogP contribution is -2.07. The summed E-state index contributed by atoms with van der Waals surface area (Å²) in [6.45, 7) is 1.66. The first kappa shape index (κ1) is 13.1. The van der Waals surface area contributed by atoms with E-state index >= 15 is 0 Å². The van der Waals surface area contributed by atoms with Gasteiger partial charge in [0.1, 0.15) is 17.9 Å². The van der Waals surface area contributed by atoms with E-state index in [2.05, 4.69) is 33.5 Å². The van der Waals surface area contributed by atoms with Gasteiger partial charge in [-0.05, 0) is 35.7 Å². The van der Waals surface area contributed by atoms with Gasteiger partial charge in [-0.3, -0.25) is 0 Å². The van der Waals surface area contributed by atoms with Crippen LogP contribution in [0.1, 0.15) is 11.1 Å². The molecular formula is C18H17N3O. The number of nitrogens with zero attached hydrogens (tertiary/aromatic N) is 2. The van der Waals surface area contributed by atoms with Crippen molar-refractivity contribution in [3.63, 3.8) is 0 Å². The molecule has 1 aromatic heterocycles. The van der Waals surface area contributed by atoms with Gasteiger partial charge in [-0.15, -0.1) is 0 Å². The zero-order chi connectivity index (χ0) is 14.8. The maximum absolute atomic E-state index is 5.54. The van der Waals surface area contributed by atoms with Crippen LogP contribution in [0.2, 0.25) is 0 Å². The van der Waals surface area contributed by atoms with Gasteiger partial charge in [0.05, 0.1) is 12.1 Å². The van der Waals surface area contributed by atoms with Crippen LogP contribution in [0.4, 0.5) is 5.82 Å². The van der Waals surface area contributed by atoms with Gasteiger partial charge in [-0.1, -0.05) is 24.3 Å². The first-order valence-electron chi connectivity index (χ1n) is 7.58. The molecule has 0 atom stereocenters. The van der Waals surface area contributed by atoms with Crippen molar-refractivity contribution in [3.8, 4) is 5.75 Å². The topological polar surface area (TPSA) is 47.0 Å². The molecule has 0 aliphatic carbocycles. The van der Waals surface area contributed by atoms with Crippen LogP contribution in [-0.4, -0.2) is 23.1 Å². The van der Waals surface area contributed by atoms with Crippen LogP contribution in [0.15, 0.2) is 48.8 Å². The number of nitrogens with one attached hydrogen (secondary N) is 1. The molecule has 2 aromatic carbocycles. The van der Waals surface area contributed by atoms with Crippen LogP contribution in [-0.2, 0) is 12.8 Å². The van der Waals surface area contributed by atoms with E-state index in [1.807, 2.05) is 24.3 Å². The molecule has 4 heteroatoms. The highest BCUT2D eigenvalue weighted by molar-refractivity contribution is 5.88. The molecule has 0 saturated carbocycles. The third kappa shape index (κ3) is 2.48. The molecule has 110 valence electrons. The fourth-order valence-corrected chi connectivity index (χ4v) is 2.87. The molecule has 0 bridgehead atoms. The summed E-state index contributed by atoms with van der Waals surface area (Å²) in [5.74, 6) is 1.94. The normalized spacial score (nSPS) is 12.9. The Kier molecular flexibility index (Phi) is 3.35. The minimum Gasteiger partial charge on any atom is -0.493 e. The minimum atomic E-state index is 0.809. The number of benzene rings is 2. The van der Waals surface area contributed by atoms with Crippen molar-refractivity contribution in [2.45, 2.75) is 12.8 Å². The Balaban J connectivity index is 1.46. The third-order valence-corrected chi connectivity index (χ3v) is 4.00. The summed E-state index contributed by atoms with van der Waals surface area (Å²) < 4.78 is 5.54. The zero-order valence-electron chi connectivity index (χ0n) is 12.2. The number of rotatable bonds is 4. The molecule has 22 heavy (non-hydrogen) atoms. The Morgan fingerprint density at radius 2 is 2.05 bits per heavy atom. The van der Waals surface area contributed by atoms with Crippen LogP contribution < -0.4 is 10.1 Å². The molecule has 3 aromatic rings. The van der Waals surface area contributed by atoms with Crippen molar-refractivity contribution < 1.29 is 4.74 Å². The second-order valence-corrected chi connectivity index (χ2v) is 5.46. The van der Waals surface area contributed by atoms with Crippen LogP contribution in [0.5, 0.6) is 5.75 Å². The van der Waals surface area contributed by atoms with Gasteiger partial charge in [-0.25, -0.2) is 9.97 Å². The van der Waals surface area contributed by atoms with Crippen molar-refractivity contribution in [1.29, 1.82) is 0 Å². The maximum atomic E-state index is 5.54. The molecule has 0 fully saturated rings. The predicted molar refractivity (Wildman–Crippen MR) is 87.4 cm³/mol. The molecule has 0 spiro atoms. The van der Waals surface area contributed by atoms with Crippen molar-refractivity contribution >= 4 is 16.7 Å². The number of ether oxygens (including phenoxy) is 1. The number of hydrogen-bond acceptors (Lipinski definition) is 4. The monoisotopic (exact) mass is 291 g/mol. The van der Waals surface area contributed by atoms with Crippen LogP contribution in [0, 0.1) is 0 Å². The van der Waals surface area contributed by atoms with Gasteiger partial charge >= 0.3 is 0 Å². The highest BCUT2D eigenvalue weighted by atomic mass is 16.5. The molecule has 0 radical (unpaired) electrons. The predicted octanol–water partition coefficient (Wildman–Crippen LogP) is 3.22. The first-order valence-corrected chi connectivity index (χ1v) is 7.58. The van der Waals surface area contributed by atoms with E-state index in [1.165, 1.54) is 11.1 Å². The lowest BCUT2D eigenvalue weighted by Gasteiger charge is -2.09. The van der Waals surface area contributed by atoms with Crippen molar-refractivity contribution in [3.05, 3.63) is 59.9 Å². The minimum absolute atomic E-state index is 0.809. The van der Waals surface area contributed by atoms with Crippen molar-refractivity contribution in [1.82, 2.24) is 9.97 Å². The highest BCUT2D eigenvalue weighted by Gasteiger charge is 2.11. The highest BCUT2D eigenvalue weighted by Crippen LogP contribution is 2.26. The van der Waals surface area contributed by atoms with E-state index < -0.39 is 0 Å². The summed E-state index contributed by atoms with van der Waals surface area (Å²) in [4.78, 5) is 8.64. The number of aromatic nitrogens is 2. The van der Waals surface area contributed by atoms with E-state index in [9.17, 15) is 0 Å². The molecule has 0 saturated heterocycles. The summed E-state index contributed by atoms with van der Waals surface area (Å²) in [5, 5.41) is 4.48. The van der Waals surface area contributed by atoms with Gasteiger partial charge in [0, 0.05) is 18.4 Å². The van der Waals surface area contributed by atoms with Gasteiger partial charge in [0.15, 0.2) is 0 Å².